The number of carbonyl (C=O) groups excluding carboxylic acids is 1. The molecular formula is C28H28F4O4. The van der Waals surface area contributed by atoms with Crippen molar-refractivity contribution in [3.8, 4) is 22.6 Å². The Morgan fingerprint density at radius 3 is 2.42 bits per heavy atom. The van der Waals surface area contributed by atoms with E-state index in [0.717, 1.165) is 23.3 Å². The van der Waals surface area contributed by atoms with E-state index in [2.05, 4.69) is 4.74 Å². The molecule has 0 fully saturated rings. The summed E-state index contributed by atoms with van der Waals surface area (Å²) in [5, 5.41) is 0. The van der Waals surface area contributed by atoms with Crippen LogP contribution in [0.4, 0.5) is 17.6 Å². The maximum absolute atomic E-state index is 14.4. The van der Waals surface area contributed by atoms with Crippen molar-refractivity contribution in [1.29, 1.82) is 0 Å². The van der Waals surface area contributed by atoms with Gasteiger partial charge >= 0.3 is 12.1 Å². The molecule has 4 nitrogen and oxygen atoms in total. The molecule has 0 aliphatic rings. The fourth-order valence-corrected chi connectivity index (χ4v) is 3.70. The zero-order valence-electron chi connectivity index (χ0n) is 20.3. The lowest BCUT2D eigenvalue weighted by Crippen LogP contribution is -2.17. The van der Waals surface area contributed by atoms with Crippen LogP contribution in [0.3, 0.4) is 0 Å². The highest BCUT2D eigenvalue weighted by Crippen LogP contribution is 2.38. The summed E-state index contributed by atoms with van der Waals surface area (Å²) in [5.41, 5.74) is 1.19. The third-order valence-electron chi connectivity index (χ3n) is 5.73. The second-order valence-electron chi connectivity index (χ2n) is 8.42. The van der Waals surface area contributed by atoms with Gasteiger partial charge in [-0.05, 0) is 67.8 Å². The Morgan fingerprint density at radius 1 is 1.00 bits per heavy atom. The van der Waals surface area contributed by atoms with Gasteiger partial charge in [-0.2, -0.15) is 13.2 Å². The van der Waals surface area contributed by atoms with Crippen molar-refractivity contribution in [2.24, 2.45) is 0 Å². The van der Waals surface area contributed by atoms with Crippen LogP contribution < -0.4 is 9.47 Å². The molecule has 3 aromatic rings. The molecule has 0 saturated carbocycles. The van der Waals surface area contributed by atoms with Crippen molar-refractivity contribution < 1.29 is 36.6 Å². The summed E-state index contributed by atoms with van der Waals surface area (Å²) in [5.74, 6) is -0.0903. The summed E-state index contributed by atoms with van der Waals surface area (Å²) < 4.78 is 70.6. The molecule has 0 N–H and O–H groups in total. The molecular weight excluding hydrogens is 476 g/mol. The number of hydrogen-bond donors (Lipinski definition) is 0. The van der Waals surface area contributed by atoms with Crippen LogP contribution in [0.2, 0.25) is 0 Å². The molecule has 0 radical (unpaired) electrons. The molecule has 0 spiro atoms. The van der Waals surface area contributed by atoms with Gasteiger partial charge in [0.1, 0.15) is 17.3 Å². The van der Waals surface area contributed by atoms with Crippen LogP contribution >= 0.6 is 0 Å². The summed E-state index contributed by atoms with van der Waals surface area (Å²) >= 11 is 0. The summed E-state index contributed by atoms with van der Waals surface area (Å²) in [4.78, 5) is 11.4. The van der Waals surface area contributed by atoms with Gasteiger partial charge in [0.15, 0.2) is 0 Å². The Morgan fingerprint density at radius 2 is 1.75 bits per heavy atom. The Labute approximate surface area is 207 Å². The van der Waals surface area contributed by atoms with Crippen LogP contribution in [0.25, 0.3) is 11.1 Å². The van der Waals surface area contributed by atoms with Crippen molar-refractivity contribution in [1.82, 2.24) is 0 Å². The van der Waals surface area contributed by atoms with E-state index >= 15 is 0 Å². The molecule has 1 atom stereocenters. The van der Waals surface area contributed by atoms with Crippen molar-refractivity contribution in [2.75, 3.05) is 13.7 Å². The highest BCUT2D eigenvalue weighted by atomic mass is 19.4. The lowest BCUT2D eigenvalue weighted by Gasteiger charge is -2.20. The van der Waals surface area contributed by atoms with Crippen LogP contribution in [0.5, 0.6) is 11.5 Å². The van der Waals surface area contributed by atoms with Gasteiger partial charge in [0, 0.05) is 24.0 Å². The second-order valence-corrected chi connectivity index (χ2v) is 8.42. The number of methoxy groups -OCH3 is 1. The summed E-state index contributed by atoms with van der Waals surface area (Å²) in [6, 6.07) is 14.3. The number of ether oxygens (including phenoxy) is 3. The van der Waals surface area contributed by atoms with Gasteiger partial charge < -0.3 is 14.2 Å². The summed E-state index contributed by atoms with van der Waals surface area (Å²) in [7, 11) is 1.36. The van der Waals surface area contributed by atoms with Gasteiger partial charge in [-0.25, -0.2) is 4.39 Å². The molecule has 1 unspecified atom stereocenters. The number of rotatable bonds is 10. The second kappa shape index (κ2) is 11.9. The Kier molecular flexibility index (Phi) is 8.96. The Balaban J connectivity index is 1.65. The molecule has 36 heavy (non-hydrogen) atoms. The van der Waals surface area contributed by atoms with E-state index in [9.17, 15) is 22.4 Å². The largest absolute Gasteiger partial charge is 0.493 e. The number of benzene rings is 3. The molecule has 0 amide bonds. The van der Waals surface area contributed by atoms with Gasteiger partial charge in [-0.15, -0.1) is 0 Å². The Bertz CT molecular complexity index is 1190. The summed E-state index contributed by atoms with van der Waals surface area (Å²) in [6.07, 6.45) is -3.66. The first-order chi connectivity index (χ1) is 17.1. The molecule has 0 bridgehead atoms. The number of carbonyl (C=O) groups is 1. The van der Waals surface area contributed by atoms with Crippen LogP contribution in [0.15, 0.2) is 60.7 Å². The van der Waals surface area contributed by atoms with Gasteiger partial charge in [0.2, 0.25) is 0 Å². The lowest BCUT2D eigenvalue weighted by molar-refractivity contribution is -0.140. The number of esters is 1. The third-order valence-corrected chi connectivity index (χ3v) is 5.73. The van der Waals surface area contributed by atoms with Crippen molar-refractivity contribution in [3.05, 3.63) is 83.2 Å². The van der Waals surface area contributed by atoms with E-state index in [1.165, 1.54) is 31.4 Å². The number of hydrogen-bond acceptors (Lipinski definition) is 4. The minimum atomic E-state index is -4.56. The zero-order chi connectivity index (χ0) is 26.3. The average Bonchev–Trinajstić information content (AvgIpc) is 2.83. The first-order valence-corrected chi connectivity index (χ1v) is 11.5. The molecule has 0 heterocycles. The minimum absolute atomic E-state index is 0.0322. The number of alkyl halides is 3. The number of halogens is 4. The van der Waals surface area contributed by atoms with Crippen LogP contribution in [-0.4, -0.2) is 25.8 Å². The van der Waals surface area contributed by atoms with Crippen molar-refractivity contribution >= 4 is 5.97 Å². The molecule has 3 rings (SSSR count). The maximum atomic E-state index is 14.4. The molecule has 8 heteroatoms. The highest BCUT2D eigenvalue weighted by molar-refractivity contribution is 5.72. The molecule has 3 aromatic carbocycles. The van der Waals surface area contributed by atoms with Gasteiger partial charge in [0.25, 0.3) is 0 Å². The maximum Gasteiger partial charge on any atom is 0.416 e. The van der Waals surface area contributed by atoms with Gasteiger partial charge in [-0.1, -0.05) is 24.3 Å². The standard InChI is InChI=1S/C28H28F4O4/c1-18-16-22(11-8-20(18)9-13-27(33)34-3)35-15-14-19(2)36-26-12-10-21(28(30,31)32)17-24(26)23-6-4-5-7-25(23)29/h4-8,10-12,16-17,19H,9,13-15H2,1-3H3. The smallest absolute Gasteiger partial charge is 0.416 e. The van der Waals surface area contributed by atoms with E-state index in [1.807, 2.05) is 25.1 Å². The van der Waals surface area contributed by atoms with Crippen LogP contribution in [0, 0.1) is 12.7 Å². The topological polar surface area (TPSA) is 44.8 Å². The normalized spacial score (nSPS) is 12.2. The SMILES string of the molecule is COC(=O)CCc1ccc(OCCC(C)Oc2ccc(C(F)(F)F)cc2-c2ccccc2F)cc1C. The van der Waals surface area contributed by atoms with Crippen molar-refractivity contribution in [2.45, 2.75) is 45.4 Å². The molecule has 0 saturated heterocycles. The van der Waals surface area contributed by atoms with E-state index in [0.29, 0.717) is 31.6 Å². The first kappa shape index (κ1) is 27.0. The quantitative estimate of drug-likeness (QED) is 0.217. The lowest BCUT2D eigenvalue weighted by atomic mass is 10.0. The fraction of sp³-hybridized carbons (Fsp3) is 0.321. The van der Waals surface area contributed by atoms with E-state index in [-0.39, 0.29) is 22.8 Å². The third kappa shape index (κ3) is 7.23. The van der Waals surface area contributed by atoms with Gasteiger partial charge in [-0.3, -0.25) is 4.79 Å². The molecule has 192 valence electrons. The molecule has 0 aliphatic heterocycles. The monoisotopic (exact) mass is 504 g/mol. The minimum Gasteiger partial charge on any atom is -0.493 e. The Hall–Kier alpha value is -3.55. The summed E-state index contributed by atoms with van der Waals surface area (Å²) in [6.45, 7) is 4.01. The van der Waals surface area contributed by atoms with E-state index < -0.39 is 23.7 Å². The predicted molar refractivity (Wildman–Crippen MR) is 129 cm³/mol. The van der Waals surface area contributed by atoms with E-state index in [4.69, 9.17) is 9.47 Å². The average molecular weight is 505 g/mol. The van der Waals surface area contributed by atoms with E-state index in [1.54, 1.807) is 13.0 Å². The zero-order valence-corrected chi connectivity index (χ0v) is 20.3. The van der Waals surface area contributed by atoms with Gasteiger partial charge in [0.05, 0.1) is 25.4 Å². The predicted octanol–water partition coefficient (Wildman–Crippen LogP) is 7.16. The number of aryl methyl sites for hydroxylation is 2. The molecule has 0 aromatic heterocycles. The van der Waals surface area contributed by atoms with Crippen molar-refractivity contribution in [3.63, 3.8) is 0 Å². The first-order valence-electron chi connectivity index (χ1n) is 11.5. The highest BCUT2D eigenvalue weighted by Gasteiger charge is 2.31. The fourth-order valence-electron chi connectivity index (χ4n) is 3.70. The van der Waals surface area contributed by atoms with Crippen LogP contribution in [0.1, 0.15) is 36.5 Å². The van der Waals surface area contributed by atoms with Crippen LogP contribution in [-0.2, 0) is 22.1 Å². The molecule has 0 aliphatic carbocycles.